The molecular formula is C23H21BN6. The van der Waals surface area contributed by atoms with Gasteiger partial charge in [-0.05, 0) is 41.8 Å². The maximum absolute atomic E-state index is 4.58. The molecule has 0 unspecified atom stereocenters. The number of nitrogens with zero attached hydrogens (tertiary/aromatic N) is 6. The lowest BCUT2D eigenvalue weighted by molar-refractivity contribution is 0.698. The minimum Gasteiger partial charge on any atom is -0.336 e. The normalized spacial score (nSPS) is 11.2. The van der Waals surface area contributed by atoms with Gasteiger partial charge >= 0.3 is 0 Å². The van der Waals surface area contributed by atoms with E-state index in [2.05, 4.69) is 73.5 Å². The largest absolute Gasteiger partial charge is 0.336 e. The molecule has 0 saturated carbocycles. The lowest BCUT2D eigenvalue weighted by Crippen LogP contribution is -1.99. The minimum absolute atomic E-state index is 0.835. The van der Waals surface area contributed by atoms with Crippen LogP contribution in [-0.4, -0.2) is 37.4 Å². The van der Waals surface area contributed by atoms with Crippen molar-refractivity contribution in [3.05, 3.63) is 84.6 Å². The second-order valence-electron chi connectivity index (χ2n) is 7.46. The van der Waals surface area contributed by atoms with Crippen LogP contribution in [0.2, 0.25) is 0 Å². The lowest BCUT2D eigenvalue weighted by Gasteiger charge is -2.07. The van der Waals surface area contributed by atoms with Crippen LogP contribution in [-0.2, 0) is 13.0 Å². The van der Waals surface area contributed by atoms with E-state index in [4.69, 9.17) is 0 Å². The molecule has 7 heteroatoms. The summed E-state index contributed by atoms with van der Waals surface area (Å²) in [4.78, 5) is 9.10. The molecule has 3 aromatic heterocycles. The van der Waals surface area contributed by atoms with Crippen molar-refractivity contribution in [2.24, 2.45) is 0 Å². The monoisotopic (exact) mass is 392 g/mol. The Balaban J connectivity index is 1.37. The van der Waals surface area contributed by atoms with Crippen molar-refractivity contribution in [1.82, 2.24) is 29.4 Å². The molecule has 146 valence electrons. The molecule has 0 aliphatic rings. The Hall–Kier alpha value is -3.74. The van der Waals surface area contributed by atoms with Crippen LogP contribution in [0.15, 0.2) is 73.3 Å². The molecule has 0 fully saturated rings. The number of fused-ring (bicyclic) bond motifs is 1. The molecule has 0 saturated heterocycles. The average molecular weight is 392 g/mol. The van der Waals surface area contributed by atoms with E-state index in [1.165, 1.54) is 16.3 Å². The zero-order chi connectivity index (χ0) is 20.5. The summed E-state index contributed by atoms with van der Waals surface area (Å²) in [5.41, 5.74) is 5.93. The fourth-order valence-corrected chi connectivity index (χ4v) is 3.76. The van der Waals surface area contributed by atoms with Crippen LogP contribution in [0.1, 0.15) is 11.3 Å². The molecule has 0 N–H and O–H groups in total. The summed E-state index contributed by atoms with van der Waals surface area (Å²) >= 11 is 0. The Morgan fingerprint density at radius 1 is 0.967 bits per heavy atom. The third-order valence-corrected chi connectivity index (χ3v) is 5.56. The van der Waals surface area contributed by atoms with Crippen LogP contribution in [0.4, 0.5) is 0 Å². The Morgan fingerprint density at radius 2 is 1.83 bits per heavy atom. The quantitative estimate of drug-likeness (QED) is 0.431. The number of pyridine rings is 1. The van der Waals surface area contributed by atoms with E-state index in [9.17, 15) is 0 Å². The highest BCUT2D eigenvalue weighted by Crippen LogP contribution is 2.24. The summed E-state index contributed by atoms with van der Waals surface area (Å²) in [7, 11) is 1.89. The highest BCUT2D eigenvalue weighted by molar-refractivity contribution is 6.06. The summed E-state index contributed by atoms with van der Waals surface area (Å²) in [6.45, 7) is 2.88. The first-order valence-corrected chi connectivity index (χ1v) is 10.0. The second-order valence-corrected chi connectivity index (χ2v) is 7.46. The van der Waals surface area contributed by atoms with Gasteiger partial charge in [0.25, 0.3) is 7.98 Å². The highest BCUT2D eigenvalue weighted by atomic mass is 15.4. The van der Waals surface area contributed by atoms with E-state index >= 15 is 0 Å². The van der Waals surface area contributed by atoms with Gasteiger partial charge in [-0.25, -0.2) is 4.98 Å². The summed E-state index contributed by atoms with van der Waals surface area (Å²) in [5.74, 6) is 0. The maximum Gasteiger partial charge on any atom is 0.251 e. The molecule has 0 aliphatic heterocycles. The molecule has 0 spiro atoms. The van der Waals surface area contributed by atoms with Crippen molar-refractivity contribution in [2.75, 3.05) is 0 Å². The number of hydrogen-bond acceptors (Lipinski definition) is 4. The number of benzene rings is 2. The van der Waals surface area contributed by atoms with Crippen molar-refractivity contribution < 1.29 is 0 Å². The molecule has 5 aromatic rings. The smallest absolute Gasteiger partial charge is 0.251 e. The molecule has 30 heavy (non-hydrogen) atoms. The lowest BCUT2D eigenvalue weighted by atomic mass is 10.0. The van der Waals surface area contributed by atoms with Gasteiger partial charge in [-0.1, -0.05) is 47.7 Å². The first-order valence-electron chi connectivity index (χ1n) is 10.0. The third-order valence-electron chi connectivity index (χ3n) is 5.56. The van der Waals surface area contributed by atoms with Crippen LogP contribution >= 0.6 is 0 Å². The van der Waals surface area contributed by atoms with Gasteiger partial charge in [0.15, 0.2) is 0 Å². The van der Waals surface area contributed by atoms with Gasteiger partial charge in [0.2, 0.25) is 0 Å². The van der Waals surface area contributed by atoms with Gasteiger partial charge in [0, 0.05) is 30.2 Å². The number of imidazole rings is 1. The van der Waals surface area contributed by atoms with Crippen molar-refractivity contribution in [2.45, 2.75) is 19.9 Å². The first-order chi connectivity index (χ1) is 14.7. The van der Waals surface area contributed by atoms with E-state index in [1.54, 1.807) is 10.8 Å². The molecule has 2 aromatic carbocycles. The Bertz CT molecular complexity index is 1330. The highest BCUT2D eigenvalue weighted by Gasteiger charge is 2.11. The van der Waals surface area contributed by atoms with Crippen molar-refractivity contribution in [3.63, 3.8) is 0 Å². The van der Waals surface area contributed by atoms with E-state index in [0.717, 1.165) is 41.3 Å². The fourth-order valence-electron chi connectivity index (χ4n) is 3.76. The topological polar surface area (TPSA) is 61.4 Å². The molecule has 5 rings (SSSR count). The summed E-state index contributed by atoms with van der Waals surface area (Å²) < 4.78 is 3.90. The van der Waals surface area contributed by atoms with Gasteiger partial charge in [-0.3, -0.25) is 4.98 Å². The number of aryl methyl sites for hydroxylation is 2. The van der Waals surface area contributed by atoms with Crippen LogP contribution in [0.3, 0.4) is 0 Å². The van der Waals surface area contributed by atoms with Gasteiger partial charge in [0.1, 0.15) is 11.4 Å². The second kappa shape index (κ2) is 7.59. The standard InChI is InChI=1S/C23H21BN6/c1-16-23(27-28-30(16)24)19-9-11-25-21(13-19)22-14-29(15-26-22)12-10-18-7-4-6-17-5-2-3-8-20(17)18/h2-9,11,13-15H,10,12,24H2,1H3. The number of hydrogen-bond donors (Lipinski definition) is 0. The molecule has 0 bridgehead atoms. The van der Waals surface area contributed by atoms with Crippen LogP contribution in [0.25, 0.3) is 33.4 Å². The van der Waals surface area contributed by atoms with E-state index < -0.39 is 0 Å². The molecule has 0 aliphatic carbocycles. The van der Waals surface area contributed by atoms with Crippen molar-refractivity contribution in [3.8, 4) is 22.6 Å². The molecular weight excluding hydrogens is 371 g/mol. The average Bonchev–Trinajstić information content (AvgIpc) is 3.39. The van der Waals surface area contributed by atoms with Crippen molar-refractivity contribution in [1.29, 1.82) is 0 Å². The van der Waals surface area contributed by atoms with Crippen LogP contribution < -0.4 is 0 Å². The molecule has 6 nitrogen and oxygen atoms in total. The molecule has 3 heterocycles. The van der Waals surface area contributed by atoms with Crippen LogP contribution in [0.5, 0.6) is 0 Å². The zero-order valence-corrected chi connectivity index (χ0v) is 17.0. The zero-order valence-electron chi connectivity index (χ0n) is 17.0. The first kappa shape index (κ1) is 18.3. The molecule has 0 atom stereocenters. The number of aromatic nitrogens is 6. The SMILES string of the molecule is Bn1nnc(-c2ccnc(-c3cn(CCc4cccc5ccccc45)cn3)c2)c1C. The van der Waals surface area contributed by atoms with E-state index in [-0.39, 0.29) is 0 Å². The maximum atomic E-state index is 4.58. The predicted octanol–water partition coefficient (Wildman–Crippen LogP) is 3.30. The van der Waals surface area contributed by atoms with Gasteiger partial charge in [-0.15, -0.1) is 5.10 Å². The predicted molar refractivity (Wildman–Crippen MR) is 121 cm³/mol. The summed E-state index contributed by atoms with van der Waals surface area (Å²) in [6, 6.07) is 19.0. The fraction of sp³-hybridized carbons (Fsp3) is 0.130. The van der Waals surface area contributed by atoms with E-state index in [0.29, 0.717) is 0 Å². The number of rotatable bonds is 5. The molecule has 0 radical (unpaired) electrons. The Morgan fingerprint density at radius 3 is 2.70 bits per heavy atom. The summed E-state index contributed by atoms with van der Waals surface area (Å²) in [5, 5.41) is 11.0. The Kier molecular flexibility index (Phi) is 4.63. The molecule has 0 amide bonds. The Labute approximate surface area is 175 Å². The van der Waals surface area contributed by atoms with E-state index in [1.807, 2.05) is 33.4 Å². The van der Waals surface area contributed by atoms with Crippen LogP contribution in [0, 0.1) is 6.92 Å². The van der Waals surface area contributed by atoms with Gasteiger partial charge in [-0.2, -0.15) is 0 Å². The third kappa shape index (κ3) is 3.39. The van der Waals surface area contributed by atoms with Gasteiger partial charge < -0.3 is 9.16 Å². The van der Waals surface area contributed by atoms with Crippen molar-refractivity contribution >= 4 is 18.8 Å². The summed E-state index contributed by atoms with van der Waals surface area (Å²) in [6.07, 6.45) is 6.68. The minimum atomic E-state index is 0.835. The van der Waals surface area contributed by atoms with Gasteiger partial charge in [0.05, 0.1) is 12.0 Å².